The van der Waals surface area contributed by atoms with Crippen LogP contribution in [0.15, 0.2) is 64.5 Å². The van der Waals surface area contributed by atoms with E-state index >= 15 is 0 Å². The second-order valence-electron chi connectivity index (χ2n) is 7.45. The van der Waals surface area contributed by atoms with Crippen LogP contribution in [0.4, 0.5) is 5.82 Å². The number of carbonyl (C=O) groups excluding carboxylic acids is 1. The summed E-state index contributed by atoms with van der Waals surface area (Å²) in [5.74, 6) is 0.354. The predicted molar refractivity (Wildman–Crippen MR) is 124 cm³/mol. The molecule has 4 rings (SSSR count). The average Bonchev–Trinajstić information content (AvgIpc) is 3.27. The first-order valence-corrected chi connectivity index (χ1v) is 10.6. The molecule has 0 saturated heterocycles. The summed E-state index contributed by atoms with van der Waals surface area (Å²) in [4.78, 5) is 34.3. The molecular weight excluding hydrogens is 474 g/mol. The maximum Gasteiger partial charge on any atom is 0.263 e. The molecule has 0 bridgehead atoms. The Morgan fingerprint density at radius 2 is 1.97 bits per heavy atom. The number of hydrogen-bond acceptors (Lipinski definition) is 6. The molecule has 9 nitrogen and oxygen atoms in total. The molecule has 0 aliphatic carbocycles. The highest BCUT2D eigenvalue weighted by molar-refractivity contribution is 9.10. The first kappa shape index (κ1) is 21.6. The number of hydrogen-bond donors (Lipinski definition) is 1. The minimum absolute atomic E-state index is 0.00506. The van der Waals surface area contributed by atoms with Crippen molar-refractivity contribution in [1.82, 2.24) is 29.3 Å². The number of nitrogens with one attached hydrogen (secondary N) is 1. The lowest BCUT2D eigenvalue weighted by molar-refractivity contribution is 0.102. The third kappa shape index (κ3) is 4.35. The highest BCUT2D eigenvalue weighted by atomic mass is 79.9. The summed E-state index contributed by atoms with van der Waals surface area (Å²) >= 11 is 3.30. The lowest BCUT2D eigenvalue weighted by Crippen LogP contribution is -2.27. The van der Waals surface area contributed by atoms with E-state index in [0.29, 0.717) is 27.5 Å². The summed E-state index contributed by atoms with van der Waals surface area (Å²) in [5, 5.41) is 10.8. The van der Waals surface area contributed by atoms with E-state index in [2.05, 4.69) is 41.4 Å². The molecule has 0 spiro atoms. The first-order chi connectivity index (χ1) is 15.3. The van der Waals surface area contributed by atoms with E-state index in [-0.39, 0.29) is 11.6 Å². The molecule has 0 saturated carbocycles. The molecule has 162 valence electrons. The van der Waals surface area contributed by atoms with Crippen LogP contribution in [-0.2, 0) is 7.05 Å². The maximum absolute atomic E-state index is 13.0. The van der Waals surface area contributed by atoms with Gasteiger partial charge in [0, 0.05) is 36.6 Å². The van der Waals surface area contributed by atoms with Crippen LogP contribution in [0.5, 0.6) is 0 Å². The van der Waals surface area contributed by atoms with Crippen molar-refractivity contribution in [3.05, 3.63) is 75.6 Å². The standard InChI is InChI=1S/C22H20BrN7O2/c1-13(2)30-12-25-28-20(30)17-5-4-6-19(26-17)27-21(31)16-9-15(11-29(3)22(16)32)14-7-8-18(23)24-10-14/h4-13H,1-3H3,(H,26,27,31). The van der Waals surface area contributed by atoms with Crippen LogP contribution in [-0.4, -0.2) is 35.2 Å². The van der Waals surface area contributed by atoms with Crippen molar-refractivity contribution in [3.63, 3.8) is 0 Å². The molecule has 4 aromatic heterocycles. The van der Waals surface area contributed by atoms with E-state index in [0.717, 1.165) is 5.56 Å². The van der Waals surface area contributed by atoms with Gasteiger partial charge >= 0.3 is 0 Å². The van der Waals surface area contributed by atoms with Gasteiger partial charge in [-0.1, -0.05) is 12.1 Å². The van der Waals surface area contributed by atoms with Gasteiger partial charge < -0.3 is 14.5 Å². The van der Waals surface area contributed by atoms with Gasteiger partial charge in [0.05, 0.1) is 0 Å². The molecule has 0 aliphatic rings. The largest absolute Gasteiger partial charge is 0.317 e. The van der Waals surface area contributed by atoms with E-state index in [1.54, 1.807) is 56.1 Å². The van der Waals surface area contributed by atoms with Crippen molar-refractivity contribution in [2.45, 2.75) is 19.9 Å². The summed E-state index contributed by atoms with van der Waals surface area (Å²) in [6.07, 6.45) is 4.97. The molecule has 0 radical (unpaired) electrons. The van der Waals surface area contributed by atoms with Crippen molar-refractivity contribution in [1.29, 1.82) is 0 Å². The maximum atomic E-state index is 13.0. The van der Waals surface area contributed by atoms with E-state index in [1.165, 1.54) is 4.57 Å². The molecule has 1 N–H and O–H groups in total. The second kappa shape index (κ2) is 8.83. The third-order valence-electron chi connectivity index (χ3n) is 4.84. The smallest absolute Gasteiger partial charge is 0.263 e. The lowest BCUT2D eigenvalue weighted by atomic mass is 10.1. The van der Waals surface area contributed by atoms with Gasteiger partial charge in [0.15, 0.2) is 5.82 Å². The zero-order valence-corrected chi connectivity index (χ0v) is 19.2. The molecule has 0 aromatic carbocycles. The van der Waals surface area contributed by atoms with Crippen LogP contribution in [0, 0.1) is 0 Å². The molecule has 4 heterocycles. The molecule has 0 aliphatic heterocycles. The van der Waals surface area contributed by atoms with E-state index in [4.69, 9.17) is 0 Å². The Kier molecular flexibility index (Phi) is 5.95. The average molecular weight is 494 g/mol. The van der Waals surface area contributed by atoms with Crippen molar-refractivity contribution in [2.75, 3.05) is 5.32 Å². The Hall–Kier alpha value is -3.66. The van der Waals surface area contributed by atoms with Gasteiger partial charge in [-0.2, -0.15) is 0 Å². The van der Waals surface area contributed by atoms with E-state index in [1.807, 2.05) is 24.5 Å². The minimum atomic E-state index is -0.549. The van der Waals surface area contributed by atoms with Crippen LogP contribution >= 0.6 is 15.9 Å². The molecule has 0 atom stereocenters. The summed E-state index contributed by atoms with van der Waals surface area (Å²) in [5.41, 5.74) is 1.64. The first-order valence-electron chi connectivity index (χ1n) is 9.84. The Bertz CT molecular complexity index is 1340. The van der Waals surface area contributed by atoms with E-state index in [9.17, 15) is 9.59 Å². The van der Waals surface area contributed by atoms with Gasteiger partial charge in [0.25, 0.3) is 11.5 Å². The SMILES string of the molecule is CC(C)n1cnnc1-c1cccc(NC(=O)c2cc(-c3ccc(Br)nc3)cn(C)c2=O)n1. The summed E-state index contributed by atoms with van der Waals surface area (Å²) in [6.45, 7) is 4.03. The van der Waals surface area contributed by atoms with Gasteiger partial charge in [-0.05, 0) is 54.0 Å². The summed E-state index contributed by atoms with van der Waals surface area (Å²) < 4.78 is 3.96. The fraction of sp³-hybridized carbons (Fsp3) is 0.182. The molecule has 10 heteroatoms. The Morgan fingerprint density at radius 3 is 2.69 bits per heavy atom. The van der Waals surface area contributed by atoms with Crippen LogP contribution in [0.25, 0.3) is 22.6 Å². The number of rotatable bonds is 5. The lowest BCUT2D eigenvalue weighted by Gasteiger charge is -2.11. The van der Waals surface area contributed by atoms with Crippen LogP contribution in [0.1, 0.15) is 30.2 Å². The zero-order chi connectivity index (χ0) is 22.8. The molecule has 4 aromatic rings. The fourth-order valence-corrected chi connectivity index (χ4v) is 3.43. The summed E-state index contributed by atoms with van der Waals surface area (Å²) in [7, 11) is 1.60. The number of nitrogens with zero attached hydrogens (tertiary/aromatic N) is 6. The van der Waals surface area contributed by atoms with Gasteiger partial charge in [-0.25, -0.2) is 9.97 Å². The van der Waals surface area contributed by atoms with Gasteiger partial charge in [0.2, 0.25) is 0 Å². The number of anilines is 1. The van der Waals surface area contributed by atoms with Crippen molar-refractivity contribution in [3.8, 4) is 22.6 Å². The Morgan fingerprint density at radius 1 is 1.16 bits per heavy atom. The number of carbonyl (C=O) groups is 1. The monoisotopic (exact) mass is 493 g/mol. The Balaban J connectivity index is 1.65. The molecule has 32 heavy (non-hydrogen) atoms. The predicted octanol–water partition coefficient (Wildman–Crippen LogP) is 3.70. The minimum Gasteiger partial charge on any atom is -0.317 e. The molecular formula is C22H20BrN7O2. The van der Waals surface area contributed by atoms with Crippen LogP contribution in [0.3, 0.4) is 0 Å². The number of aromatic nitrogens is 6. The van der Waals surface area contributed by atoms with Crippen LogP contribution < -0.4 is 10.9 Å². The molecule has 0 unspecified atom stereocenters. The number of halogens is 1. The van der Waals surface area contributed by atoms with Crippen molar-refractivity contribution < 1.29 is 4.79 Å². The third-order valence-corrected chi connectivity index (χ3v) is 5.31. The van der Waals surface area contributed by atoms with Crippen LogP contribution in [0.2, 0.25) is 0 Å². The van der Waals surface area contributed by atoms with Gasteiger partial charge in [0.1, 0.15) is 28.0 Å². The summed E-state index contributed by atoms with van der Waals surface area (Å²) in [6, 6.07) is 10.6. The highest BCUT2D eigenvalue weighted by Gasteiger charge is 2.17. The molecule has 1 amide bonds. The molecule has 0 fully saturated rings. The van der Waals surface area contributed by atoms with Gasteiger partial charge in [-0.15, -0.1) is 10.2 Å². The highest BCUT2D eigenvalue weighted by Crippen LogP contribution is 2.22. The number of amides is 1. The topological polar surface area (TPSA) is 108 Å². The van der Waals surface area contributed by atoms with Gasteiger partial charge in [-0.3, -0.25) is 9.59 Å². The van der Waals surface area contributed by atoms with Crippen molar-refractivity contribution in [2.24, 2.45) is 7.05 Å². The number of aryl methyl sites for hydroxylation is 1. The fourth-order valence-electron chi connectivity index (χ4n) is 3.20. The van der Waals surface area contributed by atoms with E-state index < -0.39 is 11.5 Å². The quantitative estimate of drug-likeness (QED) is 0.424. The Labute approximate surface area is 192 Å². The number of pyridine rings is 3. The van der Waals surface area contributed by atoms with Crippen molar-refractivity contribution >= 4 is 27.7 Å². The normalized spacial score (nSPS) is 11.0. The zero-order valence-electron chi connectivity index (χ0n) is 17.7. The second-order valence-corrected chi connectivity index (χ2v) is 8.26.